The summed E-state index contributed by atoms with van der Waals surface area (Å²) in [5, 5.41) is 23.2. The van der Waals surface area contributed by atoms with Crippen molar-refractivity contribution in [2.75, 3.05) is 13.2 Å². The second-order valence-electron chi connectivity index (χ2n) is 25.3. The predicted octanol–water partition coefficient (Wildman–Crippen LogP) is 23.7. The van der Waals surface area contributed by atoms with E-state index in [9.17, 15) is 19.8 Å². The molecule has 80 heavy (non-hydrogen) atoms. The molecule has 0 saturated carbocycles. The van der Waals surface area contributed by atoms with Gasteiger partial charge < -0.3 is 20.3 Å². The van der Waals surface area contributed by atoms with Gasteiger partial charge in [-0.2, -0.15) is 0 Å². The molecule has 0 aromatic rings. The van der Waals surface area contributed by atoms with Crippen molar-refractivity contribution in [2.24, 2.45) is 0 Å². The standard InChI is InChI=1S/C74H143NO5/c1-3-5-7-9-11-13-15-17-19-21-31-34-38-42-46-50-54-58-62-66-72(77)71(70-76)75-73(78)67-63-59-55-51-47-43-39-35-32-29-27-25-23-24-26-28-30-33-37-41-45-49-53-57-61-65-69-80-74(79)68-64-60-56-52-48-44-40-36-22-20-18-16-14-12-10-8-6-4-2/h20,22,62,66,71-72,76-77H,3-19,21,23-61,63-65,67-70H2,1-2H3,(H,75,78)/b22-20-,66-62+. The van der Waals surface area contributed by atoms with E-state index in [4.69, 9.17) is 4.74 Å². The number of carbonyl (C=O) groups is 2. The zero-order chi connectivity index (χ0) is 57.8. The molecule has 0 aliphatic rings. The molecule has 0 fully saturated rings. The fourth-order valence-electron chi connectivity index (χ4n) is 11.6. The maximum absolute atomic E-state index is 12.5. The Morgan fingerprint density at radius 2 is 0.588 bits per heavy atom. The van der Waals surface area contributed by atoms with Crippen LogP contribution in [-0.2, 0) is 14.3 Å². The third kappa shape index (κ3) is 65.5. The van der Waals surface area contributed by atoms with Crippen LogP contribution in [0.1, 0.15) is 412 Å². The minimum absolute atomic E-state index is 0.0149. The molecule has 0 bridgehead atoms. The summed E-state index contributed by atoms with van der Waals surface area (Å²) in [5.41, 5.74) is 0. The number of nitrogens with one attached hydrogen (secondary N) is 1. The number of aliphatic hydroxyl groups excluding tert-OH is 2. The van der Waals surface area contributed by atoms with Crippen LogP contribution in [0.5, 0.6) is 0 Å². The van der Waals surface area contributed by atoms with E-state index in [1.807, 2.05) is 6.08 Å². The molecular formula is C74H143NO5. The highest BCUT2D eigenvalue weighted by Crippen LogP contribution is 2.19. The number of esters is 1. The SMILES string of the molecule is CCCCCCCCC/C=C\CCCCCCCCCC(=O)OCCCCCCCCCCCCCCCCCCCCCCCCCCCCC(=O)NC(CO)C(O)/C=C/CCCCCCCCCCCCCCCCCCC. The first-order valence-electron chi connectivity index (χ1n) is 36.6. The highest BCUT2D eigenvalue weighted by Gasteiger charge is 2.18. The van der Waals surface area contributed by atoms with Crippen molar-refractivity contribution in [1.29, 1.82) is 0 Å². The first-order valence-corrected chi connectivity index (χ1v) is 36.6. The van der Waals surface area contributed by atoms with E-state index in [1.165, 1.54) is 340 Å². The van der Waals surface area contributed by atoms with Crippen molar-refractivity contribution < 1.29 is 24.5 Å². The van der Waals surface area contributed by atoms with Crippen LogP contribution >= 0.6 is 0 Å². The van der Waals surface area contributed by atoms with Gasteiger partial charge in [-0.3, -0.25) is 9.59 Å². The smallest absolute Gasteiger partial charge is 0.305 e. The molecule has 0 rings (SSSR count). The lowest BCUT2D eigenvalue weighted by Gasteiger charge is -2.20. The second-order valence-corrected chi connectivity index (χ2v) is 25.3. The van der Waals surface area contributed by atoms with Crippen molar-refractivity contribution in [3.8, 4) is 0 Å². The van der Waals surface area contributed by atoms with Gasteiger partial charge in [0.05, 0.1) is 25.4 Å². The van der Waals surface area contributed by atoms with E-state index in [2.05, 4.69) is 31.3 Å². The summed E-state index contributed by atoms with van der Waals surface area (Å²) >= 11 is 0. The van der Waals surface area contributed by atoms with Crippen LogP contribution in [0.4, 0.5) is 0 Å². The van der Waals surface area contributed by atoms with Gasteiger partial charge in [-0.25, -0.2) is 0 Å². The molecule has 0 saturated heterocycles. The Morgan fingerprint density at radius 1 is 0.338 bits per heavy atom. The van der Waals surface area contributed by atoms with E-state index in [0.29, 0.717) is 19.4 Å². The number of hydrogen-bond acceptors (Lipinski definition) is 5. The van der Waals surface area contributed by atoms with Crippen LogP contribution in [0.15, 0.2) is 24.3 Å². The van der Waals surface area contributed by atoms with Gasteiger partial charge in [-0.15, -0.1) is 0 Å². The Labute approximate surface area is 501 Å². The summed E-state index contributed by atoms with van der Waals surface area (Å²) in [4.78, 5) is 24.6. The summed E-state index contributed by atoms with van der Waals surface area (Å²) in [6.45, 7) is 4.94. The van der Waals surface area contributed by atoms with Gasteiger partial charge in [0.1, 0.15) is 0 Å². The van der Waals surface area contributed by atoms with E-state index in [1.54, 1.807) is 6.08 Å². The van der Waals surface area contributed by atoms with E-state index in [0.717, 1.165) is 44.9 Å². The number of ether oxygens (including phenoxy) is 1. The van der Waals surface area contributed by atoms with Crippen LogP contribution in [0, 0.1) is 0 Å². The van der Waals surface area contributed by atoms with Crippen LogP contribution in [0.2, 0.25) is 0 Å². The van der Waals surface area contributed by atoms with Gasteiger partial charge in [0.25, 0.3) is 0 Å². The molecule has 1 amide bonds. The number of carbonyl (C=O) groups excluding carboxylic acids is 2. The third-order valence-corrected chi connectivity index (χ3v) is 17.2. The van der Waals surface area contributed by atoms with Crippen molar-refractivity contribution in [3.05, 3.63) is 24.3 Å². The van der Waals surface area contributed by atoms with Crippen LogP contribution in [0.3, 0.4) is 0 Å². The molecular weight excluding hydrogens is 983 g/mol. The summed E-state index contributed by atoms with van der Waals surface area (Å²) in [5.74, 6) is -0.0470. The minimum atomic E-state index is -0.843. The zero-order valence-electron chi connectivity index (χ0n) is 54.3. The number of rotatable bonds is 69. The zero-order valence-corrected chi connectivity index (χ0v) is 54.3. The van der Waals surface area contributed by atoms with Gasteiger partial charge in [0.15, 0.2) is 0 Å². The number of unbranched alkanes of at least 4 members (excludes halogenated alkanes) is 56. The summed E-state index contributed by atoms with van der Waals surface area (Å²) < 4.78 is 5.51. The van der Waals surface area contributed by atoms with Crippen molar-refractivity contribution in [2.45, 2.75) is 424 Å². The minimum Gasteiger partial charge on any atom is -0.466 e. The van der Waals surface area contributed by atoms with Crippen molar-refractivity contribution in [3.63, 3.8) is 0 Å². The second kappa shape index (κ2) is 69.8. The molecule has 3 N–H and O–H groups in total. The van der Waals surface area contributed by atoms with Gasteiger partial charge in [-0.05, 0) is 57.8 Å². The average Bonchev–Trinajstić information content (AvgIpc) is 3.46. The first kappa shape index (κ1) is 78.3. The average molecular weight is 1130 g/mol. The van der Waals surface area contributed by atoms with Gasteiger partial charge >= 0.3 is 5.97 Å². The Kier molecular flexibility index (Phi) is 68.4. The largest absolute Gasteiger partial charge is 0.466 e. The molecule has 6 nitrogen and oxygen atoms in total. The normalized spacial score (nSPS) is 12.6. The quantitative estimate of drug-likeness (QED) is 0.0320. The fraction of sp³-hybridized carbons (Fsp3) is 0.919. The molecule has 0 radical (unpaired) electrons. The van der Waals surface area contributed by atoms with Crippen molar-refractivity contribution >= 4 is 11.9 Å². The lowest BCUT2D eigenvalue weighted by Crippen LogP contribution is -2.45. The third-order valence-electron chi connectivity index (χ3n) is 17.2. The molecule has 0 aliphatic carbocycles. The van der Waals surface area contributed by atoms with E-state index < -0.39 is 12.1 Å². The number of allylic oxidation sites excluding steroid dienone is 3. The molecule has 6 heteroatoms. The highest BCUT2D eigenvalue weighted by molar-refractivity contribution is 5.76. The molecule has 0 spiro atoms. The number of hydrogen-bond donors (Lipinski definition) is 3. The van der Waals surface area contributed by atoms with Crippen molar-refractivity contribution in [1.82, 2.24) is 5.32 Å². The molecule has 2 atom stereocenters. The van der Waals surface area contributed by atoms with E-state index in [-0.39, 0.29) is 18.5 Å². The van der Waals surface area contributed by atoms with Crippen LogP contribution < -0.4 is 5.32 Å². The van der Waals surface area contributed by atoms with Gasteiger partial charge in [-0.1, -0.05) is 366 Å². The topological polar surface area (TPSA) is 95.9 Å². The Hall–Kier alpha value is -1.66. The summed E-state index contributed by atoms with van der Waals surface area (Å²) in [6, 6.07) is -0.627. The van der Waals surface area contributed by atoms with Crippen LogP contribution in [0.25, 0.3) is 0 Å². The van der Waals surface area contributed by atoms with E-state index >= 15 is 0 Å². The summed E-state index contributed by atoms with van der Waals surface area (Å²) in [6.07, 6.45) is 88.4. The predicted molar refractivity (Wildman–Crippen MR) is 352 cm³/mol. The number of amides is 1. The Bertz CT molecular complexity index is 1250. The first-order chi connectivity index (χ1) is 39.5. The molecule has 0 heterocycles. The molecule has 2 unspecified atom stereocenters. The summed E-state index contributed by atoms with van der Waals surface area (Å²) in [7, 11) is 0. The highest BCUT2D eigenvalue weighted by atomic mass is 16.5. The monoisotopic (exact) mass is 1130 g/mol. The molecule has 0 aromatic carbocycles. The molecule has 474 valence electrons. The lowest BCUT2D eigenvalue weighted by molar-refractivity contribution is -0.143. The molecule has 0 aliphatic heterocycles. The van der Waals surface area contributed by atoms with Crippen LogP contribution in [-0.4, -0.2) is 47.4 Å². The lowest BCUT2D eigenvalue weighted by atomic mass is 10.0. The van der Waals surface area contributed by atoms with Gasteiger partial charge in [0, 0.05) is 12.8 Å². The Morgan fingerprint density at radius 3 is 0.887 bits per heavy atom. The Balaban J connectivity index is 3.37. The maximum atomic E-state index is 12.5. The maximum Gasteiger partial charge on any atom is 0.305 e. The molecule has 0 aromatic heterocycles. The van der Waals surface area contributed by atoms with Gasteiger partial charge in [0.2, 0.25) is 5.91 Å². The fourth-order valence-corrected chi connectivity index (χ4v) is 11.6. The number of aliphatic hydroxyl groups is 2.